The zero-order valence-electron chi connectivity index (χ0n) is 17.1. The number of rotatable bonds is 7. The van der Waals surface area contributed by atoms with Crippen LogP contribution >= 0.6 is 0 Å². The summed E-state index contributed by atoms with van der Waals surface area (Å²) in [6.07, 6.45) is -0.942. The zero-order chi connectivity index (χ0) is 22.7. The van der Waals surface area contributed by atoms with Crippen molar-refractivity contribution in [3.8, 4) is 11.1 Å². The number of ether oxygens (including phenoxy) is 1. The fourth-order valence-electron chi connectivity index (χ4n) is 4.06. The van der Waals surface area contributed by atoms with Crippen molar-refractivity contribution in [3.63, 3.8) is 0 Å². The van der Waals surface area contributed by atoms with Crippen LogP contribution in [0.25, 0.3) is 11.1 Å². The standard InChI is InChI=1S/C25H21F2NO4/c26-17-10-9-15(23(27)12-17)11-16(24(29)30)13-28-25(31)32-14-22-20-7-3-1-5-18(20)19-6-2-4-8-21(19)22/h1-10,12,16,22H,11,13-14H2,(H,28,31)(H,29,30)/t16-/m0/s1. The normalized spacial score (nSPS) is 13.2. The molecular weight excluding hydrogens is 416 g/mol. The molecule has 0 aromatic heterocycles. The molecule has 0 fully saturated rings. The maximum atomic E-state index is 13.9. The molecule has 2 N–H and O–H groups in total. The Kier molecular flexibility index (Phi) is 6.16. The molecule has 1 aliphatic carbocycles. The molecule has 7 heteroatoms. The molecule has 0 saturated heterocycles. The first kappa shape index (κ1) is 21.5. The van der Waals surface area contributed by atoms with Crippen LogP contribution in [0, 0.1) is 17.6 Å². The summed E-state index contributed by atoms with van der Waals surface area (Å²) in [5.74, 6) is -3.97. The summed E-state index contributed by atoms with van der Waals surface area (Å²) in [5.41, 5.74) is 4.40. The van der Waals surface area contributed by atoms with Crippen LogP contribution in [0.5, 0.6) is 0 Å². The van der Waals surface area contributed by atoms with Gasteiger partial charge in [0.25, 0.3) is 0 Å². The zero-order valence-corrected chi connectivity index (χ0v) is 17.1. The van der Waals surface area contributed by atoms with E-state index in [1.807, 2.05) is 48.5 Å². The Bertz CT molecular complexity index is 1120. The van der Waals surface area contributed by atoms with Gasteiger partial charge in [-0.2, -0.15) is 0 Å². The van der Waals surface area contributed by atoms with E-state index in [0.29, 0.717) is 6.07 Å². The third-order valence-electron chi connectivity index (χ3n) is 5.67. The van der Waals surface area contributed by atoms with Gasteiger partial charge in [0.15, 0.2) is 0 Å². The van der Waals surface area contributed by atoms with Crippen molar-refractivity contribution in [1.29, 1.82) is 0 Å². The molecule has 3 aromatic rings. The number of fused-ring (bicyclic) bond motifs is 3. The number of halogens is 2. The highest BCUT2D eigenvalue weighted by molar-refractivity contribution is 5.79. The molecule has 32 heavy (non-hydrogen) atoms. The van der Waals surface area contributed by atoms with E-state index in [4.69, 9.17) is 4.74 Å². The topological polar surface area (TPSA) is 75.6 Å². The Morgan fingerprint density at radius 1 is 0.969 bits per heavy atom. The fraction of sp³-hybridized carbons (Fsp3) is 0.200. The summed E-state index contributed by atoms with van der Waals surface area (Å²) in [7, 11) is 0. The number of carbonyl (C=O) groups is 2. The number of carbonyl (C=O) groups excluding carboxylic acids is 1. The summed E-state index contributed by atoms with van der Waals surface area (Å²) >= 11 is 0. The van der Waals surface area contributed by atoms with Gasteiger partial charge in [0.1, 0.15) is 18.2 Å². The summed E-state index contributed by atoms with van der Waals surface area (Å²) in [6.45, 7) is -0.146. The van der Waals surface area contributed by atoms with Gasteiger partial charge in [0.05, 0.1) is 5.92 Å². The molecule has 0 aliphatic heterocycles. The highest BCUT2D eigenvalue weighted by Gasteiger charge is 2.29. The maximum absolute atomic E-state index is 13.9. The van der Waals surface area contributed by atoms with Gasteiger partial charge in [-0.05, 0) is 40.3 Å². The number of alkyl carbamates (subject to hydrolysis) is 1. The molecule has 0 unspecified atom stereocenters. The van der Waals surface area contributed by atoms with E-state index >= 15 is 0 Å². The lowest BCUT2D eigenvalue weighted by Gasteiger charge is -2.16. The molecule has 0 spiro atoms. The van der Waals surface area contributed by atoms with Crippen LogP contribution < -0.4 is 5.32 Å². The second-order valence-corrected chi connectivity index (χ2v) is 7.68. The predicted octanol–water partition coefficient (Wildman–Crippen LogP) is 4.75. The van der Waals surface area contributed by atoms with Crippen molar-refractivity contribution in [2.24, 2.45) is 5.92 Å². The summed E-state index contributed by atoms with van der Waals surface area (Å²) < 4.78 is 32.3. The molecule has 1 atom stereocenters. The molecule has 5 nitrogen and oxygen atoms in total. The first-order valence-corrected chi connectivity index (χ1v) is 10.2. The Morgan fingerprint density at radius 2 is 1.59 bits per heavy atom. The second-order valence-electron chi connectivity index (χ2n) is 7.68. The van der Waals surface area contributed by atoms with E-state index in [1.165, 1.54) is 6.07 Å². The average molecular weight is 437 g/mol. The number of carboxylic acids is 1. The van der Waals surface area contributed by atoms with Gasteiger partial charge in [0.2, 0.25) is 0 Å². The predicted molar refractivity (Wildman–Crippen MR) is 114 cm³/mol. The number of carboxylic acid groups (broad SMARTS) is 1. The van der Waals surface area contributed by atoms with E-state index in [-0.39, 0.29) is 31.1 Å². The number of nitrogens with one attached hydrogen (secondary N) is 1. The largest absolute Gasteiger partial charge is 0.481 e. The van der Waals surface area contributed by atoms with Crippen LogP contribution in [0.4, 0.5) is 13.6 Å². The maximum Gasteiger partial charge on any atom is 0.407 e. The highest BCUT2D eigenvalue weighted by Crippen LogP contribution is 2.44. The summed E-state index contributed by atoms with van der Waals surface area (Å²) in [4.78, 5) is 23.8. The lowest BCUT2D eigenvalue weighted by Crippen LogP contribution is -2.35. The number of hydrogen-bond donors (Lipinski definition) is 2. The number of amides is 1. The Balaban J connectivity index is 1.37. The van der Waals surface area contributed by atoms with Crippen molar-refractivity contribution in [2.45, 2.75) is 12.3 Å². The average Bonchev–Trinajstić information content (AvgIpc) is 3.10. The SMILES string of the molecule is O=C(NC[C@H](Cc1ccc(F)cc1F)C(=O)O)OCC1c2ccccc2-c2ccccc21. The molecule has 0 saturated carbocycles. The first-order chi connectivity index (χ1) is 15.4. The Hall–Kier alpha value is -3.74. The highest BCUT2D eigenvalue weighted by atomic mass is 19.1. The smallest absolute Gasteiger partial charge is 0.407 e. The minimum atomic E-state index is -1.20. The Morgan fingerprint density at radius 3 is 2.19 bits per heavy atom. The van der Waals surface area contributed by atoms with E-state index in [9.17, 15) is 23.5 Å². The van der Waals surface area contributed by atoms with E-state index in [1.54, 1.807) is 0 Å². The van der Waals surface area contributed by atoms with Gasteiger partial charge >= 0.3 is 12.1 Å². The molecule has 3 aromatic carbocycles. The van der Waals surface area contributed by atoms with Crippen LogP contribution in [-0.4, -0.2) is 30.3 Å². The number of aliphatic carboxylic acids is 1. The third-order valence-corrected chi connectivity index (χ3v) is 5.67. The van der Waals surface area contributed by atoms with Gasteiger partial charge in [-0.15, -0.1) is 0 Å². The molecule has 0 bridgehead atoms. The lowest BCUT2D eigenvalue weighted by molar-refractivity contribution is -0.141. The van der Waals surface area contributed by atoms with Crippen LogP contribution in [-0.2, 0) is 16.0 Å². The lowest BCUT2D eigenvalue weighted by atomic mass is 9.98. The van der Waals surface area contributed by atoms with Crippen molar-refractivity contribution >= 4 is 12.1 Å². The fourth-order valence-corrected chi connectivity index (χ4v) is 4.06. The van der Waals surface area contributed by atoms with Crippen molar-refractivity contribution < 1.29 is 28.2 Å². The van der Waals surface area contributed by atoms with Gasteiger partial charge < -0.3 is 15.2 Å². The molecular formula is C25H21F2NO4. The molecule has 4 rings (SSSR count). The monoisotopic (exact) mass is 437 g/mol. The quantitative estimate of drug-likeness (QED) is 0.560. The minimum absolute atomic E-state index is 0.0631. The first-order valence-electron chi connectivity index (χ1n) is 10.2. The minimum Gasteiger partial charge on any atom is -0.481 e. The third kappa shape index (κ3) is 4.46. The van der Waals surface area contributed by atoms with E-state index in [0.717, 1.165) is 28.3 Å². The molecule has 1 aliphatic rings. The molecule has 164 valence electrons. The number of benzene rings is 3. The Labute approximate surface area is 183 Å². The molecule has 1 amide bonds. The van der Waals surface area contributed by atoms with Crippen molar-refractivity contribution in [3.05, 3.63) is 95.1 Å². The van der Waals surface area contributed by atoms with Gasteiger partial charge in [-0.3, -0.25) is 4.79 Å². The van der Waals surface area contributed by atoms with Gasteiger partial charge in [-0.1, -0.05) is 54.6 Å². The molecule has 0 heterocycles. The molecule has 0 radical (unpaired) electrons. The van der Waals surface area contributed by atoms with Gasteiger partial charge in [0, 0.05) is 18.5 Å². The summed E-state index contributed by atoms with van der Waals surface area (Å²) in [6, 6.07) is 18.8. The number of hydrogen-bond acceptors (Lipinski definition) is 3. The van der Waals surface area contributed by atoms with Crippen LogP contribution in [0.3, 0.4) is 0 Å². The summed E-state index contributed by atoms with van der Waals surface area (Å²) in [5, 5.41) is 11.9. The van der Waals surface area contributed by atoms with Crippen molar-refractivity contribution in [2.75, 3.05) is 13.2 Å². The van der Waals surface area contributed by atoms with Gasteiger partial charge in [-0.25, -0.2) is 13.6 Å². The van der Waals surface area contributed by atoms with Crippen LogP contribution in [0.15, 0.2) is 66.7 Å². The second kappa shape index (κ2) is 9.18. The van der Waals surface area contributed by atoms with E-state index < -0.39 is 29.6 Å². The van der Waals surface area contributed by atoms with Crippen LogP contribution in [0.2, 0.25) is 0 Å². The van der Waals surface area contributed by atoms with Crippen molar-refractivity contribution in [1.82, 2.24) is 5.32 Å². The van der Waals surface area contributed by atoms with Crippen LogP contribution in [0.1, 0.15) is 22.6 Å². The van der Waals surface area contributed by atoms with E-state index in [2.05, 4.69) is 5.32 Å².